The summed E-state index contributed by atoms with van der Waals surface area (Å²) in [6.07, 6.45) is 0.914. The molecule has 2 rings (SSSR count). The summed E-state index contributed by atoms with van der Waals surface area (Å²) in [6.45, 7) is 4.76. The molecule has 0 aliphatic carbocycles. The van der Waals surface area contributed by atoms with Crippen LogP contribution in [0.3, 0.4) is 0 Å². The van der Waals surface area contributed by atoms with E-state index < -0.39 is 0 Å². The Bertz CT molecular complexity index is 370. The number of nitrogens with two attached hydrogens (primary N) is 1. The second-order valence-corrected chi connectivity index (χ2v) is 4.99. The summed E-state index contributed by atoms with van der Waals surface area (Å²) in [4.78, 5) is 7.82. The molecule has 0 radical (unpaired) electrons. The lowest BCUT2D eigenvalue weighted by Crippen LogP contribution is -2.20. The Morgan fingerprint density at radius 1 is 1.64 bits per heavy atom. The fourth-order valence-corrected chi connectivity index (χ4v) is 2.58. The molecule has 3 nitrogen and oxygen atoms in total. The normalized spacial score (nSPS) is 20.8. The first kappa shape index (κ1) is 9.68. The largest absolute Gasteiger partial charge is 0.390 e. The Morgan fingerprint density at radius 2 is 2.43 bits per heavy atom. The molecule has 2 N–H and O–H groups in total. The SMILES string of the molecule is Cc1cc(C2=NOC(CN)C2)c(C)s1. The van der Waals surface area contributed by atoms with Crippen molar-refractivity contribution in [2.75, 3.05) is 6.54 Å². The lowest BCUT2D eigenvalue weighted by Gasteiger charge is -2.01. The first-order valence-corrected chi connectivity index (χ1v) is 5.52. The molecule has 1 atom stereocenters. The van der Waals surface area contributed by atoms with Crippen molar-refractivity contribution in [3.63, 3.8) is 0 Å². The number of thiophene rings is 1. The summed E-state index contributed by atoms with van der Waals surface area (Å²) in [5.41, 5.74) is 7.79. The van der Waals surface area contributed by atoms with E-state index in [-0.39, 0.29) is 6.10 Å². The molecular formula is C10H14N2OS. The zero-order valence-corrected chi connectivity index (χ0v) is 9.23. The van der Waals surface area contributed by atoms with Crippen molar-refractivity contribution in [1.29, 1.82) is 0 Å². The van der Waals surface area contributed by atoms with Crippen LogP contribution < -0.4 is 5.73 Å². The van der Waals surface area contributed by atoms with Crippen LogP contribution in [0.25, 0.3) is 0 Å². The zero-order chi connectivity index (χ0) is 10.1. The van der Waals surface area contributed by atoms with E-state index in [1.807, 2.05) is 0 Å². The lowest BCUT2D eigenvalue weighted by molar-refractivity contribution is 0.0918. The summed E-state index contributed by atoms with van der Waals surface area (Å²) in [6, 6.07) is 2.17. The molecule has 4 heteroatoms. The van der Waals surface area contributed by atoms with Crippen molar-refractivity contribution in [3.8, 4) is 0 Å². The maximum absolute atomic E-state index is 5.52. The predicted molar refractivity (Wildman–Crippen MR) is 58.9 cm³/mol. The monoisotopic (exact) mass is 210 g/mol. The van der Waals surface area contributed by atoms with Crippen molar-refractivity contribution in [2.45, 2.75) is 26.4 Å². The number of nitrogens with zero attached hydrogens (tertiary/aromatic N) is 1. The zero-order valence-electron chi connectivity index (χ0n) is 8.41. The van der Waals surface area contributed by atoms with Gasteiger partial charge in [-0.2, -0.15) is 0 Å². The smallest absolute Gasteiger partial charge is 0.145 e. The number of hydrogen-bond donors (Lipinski definition) is 1. The van der Waals surface area contributed by atoms with Gasteiger partial charge in [0.05, 0.1) is 5.71 Å². The minimum absolute atomic E-state index is 0.0737. The Labute approximate surface area is 87.6 Å². The topological polar surface area (TPSA) is 47.6 Å². The Balaban J connectivity index is 2.21. The van der Waals surface area contributed by atoms with Gasteiger partial charge in [0.25, 0.3) is 0 Å². The first-order chi connectivity index (χ1) is 6.70. The summed E-state index contributed by atoms with van der Waals surface area (Å²) >= 11 is 1.80. The summed E-state index contributed by atoms with van der Waals surface area (Å²) in [7, 11) is 0. The third-order valence-electron chi connectivity index (χ3n) is 2.35. The molecule has 1 aromatic heterocycles. The highest BCUT2D eigenvalue weighted by Gasteiger charge is 2.22. The fraction of sp³-hybridized carbons (Fsp3) is 0.500. The number of aryl methyl sites for hydroxylation is 2. The quantitative estimate of drug-likeness (QED) is 0.809. The van der Waals surface area contributed by atoms with Gasteiger partial charge in [-0.15, -0.1) is 11.3 Å². The van der Waals surface area contributed by atoms with Gasteiger partial charge in [0.15, 0.2) is 0 Å². The van der Waals surface area contributed by atoms with Gasteiger partial charge in [0.1, 0.15) is 6.10 Å². The summed E-state index contributed by atoms with van der Waals surface area (Å²) in [5.74, 6) is 0. The fourth-order valence-electron chi connectivity index (χ4n) is 1.63. The van der Waals surface area contributed by atoms with Crippen molar-refractivity contribution in [3.05, 3.63) is 21.4 Å². The van der Waals surface area contributed by atoms with E-state index in [0.717, 1.165) is 12.1 Å². The molecule has 0 amide bonds. The van der Waals surface area contributed by atoms with Crippen molar-refractivity contribution >= 4 is 17.0 Å². The predicted octanol–water partition coefficient (Wildman–Crippen LogP) is 1.82. The highest BCUT2D eigenvalue weighted by Crippen LogP contribution is 2.25. The van der Waals surface area contributed by atoms with Crippen molar-refractivity contribution < 1.29 is 4.84 Å². The molecular weight excluding hydrogens is 196 g/mol. The van der Waals surface area contributed by atoms with Crippen LogP contribution in [0, 0.1) is 13.8 Å². The van der Waals surface area contributed by atoms with E-state index in [2.05, 4.69) is 25.1 Å². The third kappa shape index (κ3) is 1.67. The molecule has 0 saturated carbocycles. The molecule has 0 bridgehead atoms. The van der Waals surface area contributed by atoms with Crippen LogP contribution in [0.1, 0.15) is 21.7 Å². The Kier molecular flexibility index (Phi) is 2.56. The molecule has 0 saturated heterocycles. The lowest BCUT2D eigenvalue weighted by atomic mass is 10.1. The maximum Gasteiger partial charge on any atom is 0.145 e. The minimum atomic E-state index is 0.0737. The van der Waals surface area contributed by atoms with Gasteiger partial charge in [-0.3, -0.25) is 0 Å². The molecule has 1 aliphatic heterocycles. The first-order valence-electron chi connectivity index (χ1n) is 4.71. The molecule has 14 heavy (non-hydrogen) atoms. The van der Waals surface area contributed by atoms with Gasteiger partial charge in [-0.1, -0.05) is 5.16 Å². The van der Waals surface area contributed by atoms with Crippen LogP contribution >= 0.6 is 11.3 Å². The molecule has 1 aromatic rings. The van der Waals surface area contributed by atoms with Gasteiger partial charge in [0.2, 0.25) is 0 Å². The van der Waals surface area contributed by atoms with Crippen LogP contribution in [0.4, 0.5) is 0 Å². The molecule has 0 fully saturated rings. The standard InChI is InChI=1S/C10H14N2OS/c1-6-3-9(7(2)14-6)10-4-8(5-11)13-12-10/h3,8H,4-5,11H2,1-2H3. The second kappa shape index (κ2) is 3.71. The molecule has 1 aliphatic rings. The third-order valence-corrected chi connectivity index (χ3v) is 3.31. The molecule has 0 spiro atoms. The molecule has 2 heterocycles. The van der Waals surface area contributed by atoms with Gasteiger partial charge in [0, 0.05) is 28.3 Å². The van der Waals surface area contributed by atoms with Gasteiger partial charge in [-0.25, -0.2) is 0 Å². The maximum atomic E-state index is 5.52. The van der Waals surface area contributed by atoms with Crippen LogP contribution in [0.5, 0.6) is 0 Å². The van der Waals surface area contributed by atoms with Gasteiger partial charge < -0.3 is 10.6 Å². The van der Waals surface area contributed by atoms with E-state index in [0.29, 0.717) is 6.54 Å². The average molecular weight is 210 g/mol. The number of oxime groups is 1. The van der Waals surface area contributed by atoms with E-state index >= 15 is 0 Å². The van der Waals surface area contributed by atoms with Gasteiger partial charge >= 0.3 is 0 Å². The molecule has 76 valence electrons. The average Bonchev–Trinajstić information content (AvgIpc) is 2.71. The van der Waals surface area contributed by atoms with E-state index in [1.165, 1.54) is 15.3 Å². The highest BCUT2D eigenvalue weighted by molar-refractivity contribution is 7.12. The van der Waals surface area contributed by atoms with Crippen LogP contribution in [-0.4, -0.2) is 18.4 Å². The Morgan fingerprint density at radius 3 is 2.93 bits per heavy atom. The van der Waals surface area contributed by atoms with Crippen molar-refractivity contribution in [1.82, 2.24) is 0 Å². The summed E-state index contributed by atoms with van der Waals surface area (Å²) < 4.78 is 0. The Hall–Kier alpha value is -0.870. The van der Waals surface area contributed by atoms with Crippen LogP contribution in [0.2, 0.25) is 0 Å². The van der Waals surface area contributed by atoms with Gasteiger partial charge in [-0.05, 0) is 19.9 Å². The highest BCUT2D eigenvalue weighted by atomic mass is 32.1. The van der Waals surface area contributed by atoms with Crippen LogP contribution in [0.15, 0.2) is 11.2 Å². The molecule has 1 unspecified atom stereocenters. The van der Waals surface area contributed by atoms with E-state index in [1.54, 1.807) is 11.3 Å². The molecule has 0 aromatic carbocycles. The van der Waals surface area contributed by atoms with E-state index in [9.17, 15) is 0 Å². The second-order valence-electron chi connectivity index (χ2n) is 3.53. The summed E-state index contributed by atoms with van der Waals surface area (Å²) in [5, 5.41) is 4.08. The van der Waals surface area contributed by atoms with E-state index in [4.69, 9.17) is 10.6 Å². The van der Waals surface area contributed by atoms with Crippen LogP contribution in [-0.2, 0) is 4.84 Å². The number of rotatable bonds is 2. The minimum Gasteiger partial charge on any atom is -0.390 e. The number of hydrogen-bond acceptors (Lipinski definition) is 4. The van der Waals surface area contributed by atoms with Crippen molar-refractivity contribution in [2.24, 2.45) is 10.9 Å².